The quantitative estimate of drug-likeness (QED) is 0.243. The highest BCUT2D eigenvalue weighted by Crippen LogP contribution is 2.45. The number of nitrogens with zero attached hydrogens (tertiary/aromatic N) is 3. The van der Waals surface area contributed by atoms with Crippen molar-refractivity contribution in [1.82, 2.24) is 19.9 Å². The lowest BCUT2D eigenvalue weighted by Gasteiger charge is -2.24. The molecule has 2 N–H and O–H groups in total. The molecule has 40 heavy (non-hydrogen) atoms. The summed E-state index contributed by atoms with van der Waals surface area (Å²) in [6.07, 6.45) is -1.72. The number of nitrogens with one attached hydrogen (secondary N) is 2. The second kappa shape index (κ2) is 10.1. The van der Waals surface area contributed by atoms with Crippen molar-refractivity contribution in [3.05, 3.63) is 82.8 Å². The van der Waals surface area contributed by atoms with Crippen LogP contribution in [0.15, 0.2) is 48.8 Å². The molecule has 5 rings (SSSR count). The Labute approximate surface area is 223 Å². The average Bonchev–Trinajstić information content (AvgIpc) is 3.56. The van der Waals surface area contributed by atoms with Gasteiger partial charge in [0.1, 0.15) is 17.3 Å². The number of alkyl halides is 5. The van der Waals surface area contributed by atoms with Gasteiger partial charge in [-0.15, -0.1) is 0 Å². The van der Waals surface area contributed by atoms with Crippen molar-refractivity contribution < 1.29 is 35.5 Å². The monoisotopic (exact) mass is 565 g/mol. The van der Waals surface area contributed by atoms with Crippen LogP contribution in [-0.2, 0) is 5.92 Å². The Balaban J connectivity index is 1.72. The van der Waals surface area contributed by atoms with Gasteiger partial charge in [0.15, 0.2) is 5.65 Å². The summed E-state index contributed by atoms with van der Waals surface area (Å²) < 4.78 is 101. The summed E-state index contributed by atoms with van der Waals surface area (Å²) in [6.45, 7) is 0.886. The first-order valence-corrected chi connectivity index (χ1v) is 12.3. The molecule has 0 radical (unpaired) electrons. The number of aryl methyl sites for hydroxylation is 1. The molecule has 0 bridgehead atoms. The summed E-state index contributed by atoms with van der Waals surface area (Å²) in [5.74, 6) is -7.12. The number of aromatic nitrogens is 3. The van der Waals surface area contributed by atoms with Crippen LogP contribution in [0, 0.1) is 18.6 Å². The van der Waals surface area contributed by atoms with Crippen molar-refractivity contribution in [3.63, 3.8) is 0 Å². The molecule has 0 unspecified atom stereocenters. The highest BCUT2D eigenvalue weighted by atomic mass is 19.4. The van der Waals surface area contributed by atoms with Crippen LogP contribution < -0.4 is 10.6 Å². The highest BCUT2D eigenvalue weighted by Gasteiger charge is 2.43. The number of rotatable bonds is 8. The molecule has 1 aliphatic rings. The SMILES string of the molecule is Cc1cc(-c2c(C(F)(F)c3cc(F)ccc3F)nn3ccnc3c2NCCC(F)(F)F)ccc1C(=O)NC1CC1. The summed E-state index contributed by atoms with van der Waals surface area (Å²) >= 11 is 0. The van der Waals surface area contributed by atoms with E-state index in [0.717, 1.165) is 17.4 Å². The zero-order chi connectivity index (χ0) is 28.8. The second-order valence-corrected chi connectivity index (χ2v) is 9.56. The zero-order valence-corrected chi connectivity index (χ0v) is 20.9. The number of benzene rings is 2. The van der Waals surface area contributed by atoms with E-state index in [-0.39, 0.29) is 40.0 Å². The smallest absolute Gasteiger partial charge is 0.381 e. The van der Waals surface area contributed by atoms with Gasteiger partial charge in [0.2, 0.25) is 0 Å². The Morgan fingerprint density at radius 2 is 1.82 bits per heavy atom. The van der Waals surface area contributed by atoms with Gasteiger partial charge < -0.3 is 10.6 Å². The third-order valence-corrected chi connectivity index (χ3v) is 6.49. The Bertz CT molecular complexity index is 1590. The molecule has 0 atom stereocenters. The fourth-order valence-corrected chi connectivity index (χ4v) is 4.37. The number of hydrogen-bond acceptors (Lipinski definition) is 4. The Morgan fingerprint density at radius 1 is 1.07 bits per heavy atom. The van der Waals surface area contributed by atoms with Gasteiger partial charge in [0.05, 0.1) is 17.7 Å². The van der Waals surface area contributed by atoms with Gasteiger partial charge in [-0.3, -0.25) is 4.79 Å². The number of imidazole rings is 1. The van der Waals surface area contributed by atoms with Crippen molar-refractivity contribution in [2.75, 3.05) is 11.9 Å². The van der Waals surface area contributed by atoms with Crippen molar-refractivity contribution in [3.8, 4) is 11.1 Å². The molecule has 0 saturated heterocycles. The maximum absolute atomic E-state index is 16.1. The van der Waals surface area contributed by atoms with Crippen molar-refractivity contribution in [2.45, 2.75) is 44.3 Å². The molecular formula is C27H22F7N5O. The second-order valence-electron chi connectivity index (χ2n) is 9.56. The van der Waals surface area contributed by atoms with Crippen LogP contribution in [0.4, 0.5) is 36.4 Å². The largest absolute Gasteiger partial charge is 0.390 e. The summed E-state index contributed by atoms with van der Waals surface area (Å²) in [6, 6.07) is 5.80. The van der Waals surface area contributed by atoms with Crippen LogP contribution in [0.1, 0.15) is 46.4 Å². The first-order valence-electron chi connectivity index (χ1n) is 12.3. The molecule has 1 saturated carbocycles. The molecule has 1 fully saturated rings. The first kappa shape index (κ1) is 27.4. The van der Waals surface area contributed by atoms with Gasteiger partial charge in [0, 0.05) is 36.1 Å². The molecule has 6 nitrogen and oxygen atoms in total. The molecular weight excluding hydrogens is 543 g/mol. The van der Waals surface area contributed by atoms with Gasteiger partial charge >= 0.3 is 12.1 Å². The normalized spacial score (nSPS) is 14.0. The lowest BCUT2D eigenvalue weighted by molar-refractivity contribution is -0.131. The average molecular weight is 565 g/mol. The maximum Gasteiger partial charge on any atom is 0.390 e. The number of carbonyl (C=O) groups excluding carboxylic acids is 1. The lowest BCUT2D eigenvalue weighted by atomic mass is 9.93. The predicted molar refractivity (Wildman–Crippen MR) is 132 cm³/mol. The van der Waals surface area contributed by atoms with E-state index in [4.69, 9.17) is 0 Å². The first-order chi connectivity index (χ1) is 18.8. The minimum Gasteiger partial charge on any atom is -0.381 e. The van der Waals surface area contributed by atoms with Crippen LogP contribution in [0.5, 0.6) is 0 Å². The van der Waals surface area contributed by atoms with Crippen LogP contribution in [0.3, 0.4) is 0 Å². The molecule has 13 heteroatoms. The van der Waals surface area contributed by atoms with Crippen LogP contribution in [-0.4, -0.2) is 39.3 Å². The molecule has 1 aliphatic carbocycles. The van der Waals surface area contributed by atoms with E-state index in [1.165, 1.54) is 30.6 Å². The standard InChI is InChI=1S/C27H22F7N5O/c1-14-12-15(2-6-18(14)25(40)37-17-4-5-17)21-22(35-9-8-26(30,31)32)24-36-10-11-39(24)38-23(21)27(33,34)19-13-16(28)3-7-20(19)29/h2-3,6-7,10-13,17,35H,4-5,8-9H2,1H3,(H,37,40). The molecule has 0 aliphatic heterocycles. The number of anilines is 1. The zero-order valence-electron chi connectivity index (χ0n) is 20.9. The summed E-state index contributed by atoms with van der Waals surface area (Å²) in [5.41, 5.74) is -2.28. The van der Waals surface area contributed by atoms with Gasteiger partial charge in [-0.25, -0.2) is 18.3 Å². The fourth-order valence-electron chi connectivity index (χ4n) is 4.37. The Hall–Kier alpha value is -4.16. The maximum atomic E-state index is 16.1. The van der Waals surface area contributed by atoms with Crippen molar-refractivity contribution >= 4 is 17.2 Å². The molecule has 2 heterocycles. The Kier molecular flexibility index (Phi) is 6.92. The van der Waals surface area contributed by atoms with E-state index in [1.54, 1.807) is 6.92 Å². The summed E-state index contributed by atoms with van der Waals surface area (Å²) in [5, 5.41) is 9.34. The highest BCUT2D eigenvalue weighted by molar-refractivity contribution is 5.97. The van der Waals surface area contributed by atoms with Crippen molar-refractivity contribution in [1.29, 1.82) is 0 Å². The number of carbonyl (C=O) groups is 1. The third kappa shape index (κ3) is 5.45. The van der Waals surface area contributed by atoms with Crippen molar-refractivity contribution in [2.24, 2.45) is 0 Å². The van der Waals surface area contributed by atoms with E-state index in [2.05, 4.69) is 20.7 Å². The van der Waals surface area contributed by atoms with Crippen LogP contribution >= 0.6 is 0 Å². The van der Waals surface area contributed by atoms with E-state index in [0.29, 0.717) is 23.8 Å². The topological polar surface area (TPSA) is 71.3 Å². The van der Waals surface area contributed by atoms with Crippen LogP contribution in [0.2, 0.25) is 0 Å². The van der Waals surface area contributed by atoms with E-state index >= 15 is 8.78 Å². The number of hydrogen-bond donors (Lipinski definition) is 2. The fraction of sp³-hybridized carbons (Fsp3) is 0.296. The van der Waals surface area contributed by atoms with E-state index in [1.807, 2.05) is 0 Å². The molecule has 0 spiro atoms. The number of fused-ring (bicyclic) bond motifs is 1. The molecule has 1 amide bonds. The summed E-state index contributed by atoms with van der Waals surface area (Å²) in [4.78, 5) is 16.7. The minimum absolute atomic E-state index is 0.0551. The van der Waals surface area contributed by atoms with Crippen LogP contribution in [0.25, 0.3) is 16.8 Å². The molecule has 2 aromatic heterocycles. The van der Waals surface area contributed by atoms with Gasteiger partial charge in [0.25, 0.3) is 5.91 Å². The lowest BCUT2D eigenvalue weighted by Crippen LogP contribution is -2.26. The molecule has 210 valence electrons. The predicted octanol–water partition coefficient (Wildman–Crippen LogP) is 6.38. The minimum atomic E-state index is -4.55. The van der Waals surface area contributed by atoms with E-state index < -0.39 is 48.0 Å². The number of amides is 1. The van der Waals surface area contributed by atoms with Gasteiger partial charge in [-0.1, -0.05) is 12.1 Å². The van der Waals surface area contributed by atoms with E-state index in [9.17, 15) is 26.7 Å². The third-order valence-electron chi connectivity index (χ3n) is 6.49. The molecule has 4 aromatic rings. The Morgan fingerprint density at radius 3 is 2.50 bits per heavy atom. The number of halogens is 7. The molecule has 2 aromatic carbocycles. The van der Waals surface area contributed by atoms with Gasteiger partial charge in [-0.2, -0.15) is 27.1 Å². The summed E-state index contributed by atoms with van der Waals surface area (Å²) in [7, 11) is 0. The van der Waals surface area contributed by atoms with Gasteiger partial charge in [-0.05, 0) is 55.2 Å².